The number of benzene rings is 1. The van der Waals surface area contributed by atoms with Gasteiger partial charge in [-0.1, -0.05) is 17.7 Å². The Morgan fingerprint density at radius 3 is 3.04 bits per heavy atom. The molecule has 1 aromatic heterocycles. The second kappa shape index (κ2) is 6.58. The molecule has 1 aliphatic rings. The molecule has 0 spiro atoms. The van der Waals surface area contributed by atoms with Gasteiger partial charge in [-0.3, -0.25) is 9.48 Å². The monoisotopic (exact) mass is 336 g/mol. The van der Waals surface area contributed by atoms with Crippen LogP contribution in [-0.4, -0.2) is 34.8 Å². The molecule has 23 heavy (non-hydrogen) atoms. The predicted molar refractivity (Wildman–Crippen MR) is 87.3 cm³/mol. The van der Waals surface area contributed by atoms with Crippen molar-refractivity contribution in [3.05, 3.63) is 47.0 Å². The summed E-state index contributed by atoms with van der Waals surface area (Å²) < 4.78 is 15.7. The first-order valence-corrected chi connectivity index (χ1v) is 7.91. The van der Waals surface area contributed by atoms with E-state index in [-0.39, 0.29) is 16.6 Å². The van der Waals surface area contributed by atoms with E-state index in [9.17, 15) is 9.18 Å². The second-order valence-corrected chi connectivity index (χ2v) is 6.14. The highest BCUT2D eigenvalue weighted by molar-refractivity contribution is 6.31. The maximum absolute atomic E-state index is 13.9. The molecule has 1 saturated heterocycles. The van der Waals surface area contributed by atoms with Gasteiger partial charge in [0.2, 0.25) is 0 Å². The summed E-state index contributed by atoms with van der Waals surface area (Å²) in [6.07, 6.45) is 5.57. The van der Waals surface area contributed by atoms with Crippen molar-refractivity contribution in [3.63, 3.8) is 0 Å². The molecule has 1 aromatic carbocycles. The Bertz CT molecular complexity index is 718. The highest BCUT2D eigenvalue weighted by atomic mass is 35.5. The number of piperidine rings is 1. The number of halogens is 2. The van der Waals surface area contributed by atoms with Crippen molar-refractivity contribution in [2.24, 2.45) is 7.05 Å². The van der Waals surface area contributed by atoms with Gasteiger partial charge in [-0.25, -0.2) is 4.39 Å². The van der Waals surface area contributed by atoms with Crippen LogP contribution < -0.4 is 10.2 Å². The number of rotatable bonds is 3. The van der Waals surface area contributed by atoms with Gasteiger partial charge in [0.15, 0.2) is 5.82 Å². The number of carbonyl (C=O) groups excluding carboxylic acids is 1. The maximum Gasteiger partial charge on any atom is 0.254 e. The molecule has 1 atom stereocenters. The van der Waals surface area contributed by atoms with Gasteiger partial charge in [-0.2, -0.15) is 5.10 Å². The summed E-state index contributed by atoms with van der Waals surface area (Å²) in [4.78, 5) is 14.5. The molecule has 1 amide bonds. The van der Waals surface area contributed by atoms with Gasteiger partial charge in [0, 0.05) is 32.4 Å². The van der Waals surface area contributed by atoms with Crippen LogP contribution in [-0.2, 0) is 7.05 Å². The number of nitrogens with zero attached hydrogens (tertiary/aromatic N) is 3. The second-order valence-electron chi connectivity index (χ2n) is 5.73. The van der Waals surface area contributed by atoms with Crippen molar-refractivity contribution < 1.29 is 9.18 Å². The van der Waals surface area contributed by atoms with Crippen molar-refractivity contribution >= 4 is 23.2 Å². The van der Waals surface area contributed by atoms with Crippen molar-refractivity contribution in [2.75, 3.05) is 18.0 Å². The van der Waals surface area contributed by atoms with Crippen LogP contribution in [0.25, 0.3) is 0 Å². The molecule has 5 nitrogen and oxygen atoms in total. The number of hydrogen-bond acceptors (Lipinski definition) is 3. The van der Waals surface area contributed by atoms with E-state index in [1.165, 1.54) is 12.1 Å². The lowest BCUT2D eigenvalue weighted by Gasteiger charge is -2.33. The summed E-state index contributed by atoms with van der Waals surface area (Å²) in [6, 6.07) is 4.41. The molecule has 1 fully saturated rings. The number of carbonyl (C=O) groups is 1. The fourth-order valence-electron chi connectivity index (χ4n) is 2.84. The Morgan fingerprint density at radius 2 is 2.30 bits per heavy atom. The molecule has 3 rings (SSSR count). The fourth-order valence-corrected chi connectivity index (χ4v) is 3.02. The van der Waals surface area contributed by atoms with E-state index >= 15 is 0 Å². The van der Waals surface area contributed by atoms with E-state index in [1.807, 2.05) is 13.2 Å². The minimum Gasteiger partial charge on any atom is -0.367 e. The molecule has 1 unspecified atom stereocenters. The minimum absolute atomic E-state index is 0.0176. The number of anilines is 1. The van der Waals surface area contributed by atoms with Gasteiger partial charge in [0.25, 0.3) is 5.91 Å². The fraction of sp³-hybridized carbons (Fsp3) is 0.375. The number of nitrogens with one attached hydrogen (secondary N) is 1. The standard InChI is InChI=1S/C16H18ClFN4O/c1-21-10-12(8-19-21)22-7-3-4-11(9-22)20-16(23)13-5-2-6-14(17)15(13)18/h2,5-6,8,10-11H,3-4,7,9H2,1H3,(H,20,23). The third-order valence-corrected chi connectivity index (χ3v) is 4.30. The highest BCUT2D eigenvalue weighted by Gasteiger charge is 2.24. The van der Waals surface area contributed by atoms with E-state index in [0.29, 0.717) is 6.54 Å². The molecule has 0 bridgehead atoms. The highest BCUT2D eigenvalue weighted by Crippen LogP contribution is 2.21. The first-order chi connectivity index (χ1) is 11.0. The van der Waals surface area contributed by atoms with E-state index in [2.05, 4.69) is 15.3 Å². The number of hydrogen-bond donors (Lipinski definition) is 1. The van der Waals surface area contributed by atoms with Gasteiger partial charge in [0.05, 0.1) is 22.5 Å². The molecule has 2 heterocycles. The van der Waals surface area contributed by atoms with Crippen molar-refractivity contribution in [1.82, 2.24) is 15.1 Å². The molecule has 2 aromatic rings. The van der Waals surface area contributed by atoms with Gasteiger partial charge in [-0.05, 0) is 25.0 Å². The van der Waals surface area contributed by atoms with Crippen LogP contribution in [0, 0.1) is 5.82 Å². The topological polar surface area (TPSA) is 50.2 Å². The third-order valence-electron chi connectivity index (χ3n) is 4.01. The maximum atomic E-state index is 13.9. The summed E-state index contributed by atoms with van der Waals surface area (Å²) in [6.45, 7) is 1.60. The van der Waals surface area contributed by atoms with Crippen LogP contribution in [0.4, 0.5) is 10.1 Å². The summed E-state index contributed by atoms with van der Waals surface area (Å²) in [5, 5.41) is 7.03. The number of aromatic nitrogens is 2. The summed E-state index contributed by atoms with van der Waals surface area (Å²) in [5.74, 6) is -1.10. The average molecular weight is 337 g/mol. The zero-order chi connectivity index (χ0) is 16.4. The van der Waals surface area contributed by atoms with Gasteiger partial charge < -0.3 is 10.2 Å². The number of amides is 1. The molecule has 0 aliphatic carbocycles. The summed E-state index contributed by atoms with van der Waals surface area (Å²) in [5.41, 5.74) is 1.01. The largest absolute Gasteiger partial charge is 0.367 e. The van der Waals surface area contributed by atoms with Gasteiger partial charge in [-0.15, -0.1) is 0 Å². The first-order valence-electron chi connectivity index (χ1n) is 7.53. The van der Waals surface area contributed by atoms with Crippen LogP contribution in [0.3, 0.4) is 0 Å². The summed E-state index contributed by atoms with van der Waals surface area (Å²) in [7, 11) is 1.87. The lowest BCUT2D eigenvalue weighted by Crippen LogP contribution is -2.48. The molecule has 0 saturated carbocycles. The molecule has 7 heteroatoms. The minimum atomic E-state index is -0.674. The third kappa shape index (κ3) is 3.47. The van der Waals surface area contributed by atoms with E-state index in [4.69, 9.17) is 11.6 Å². The molecular weight excluding hydrogens is 319 g/mol. The Balaban J connectivity index is 1.67. The molecule has 122 valence electrons. The van der Waals surface area contributed by atoms with Crippen LogP contribution in [0.15, 0.2) is 30.6 Å². The van der Waals surface area contributed by atoms with Crippen LogP contribution in [0.5, 0.6) is 0 Å². The van der Waals surface area contributed by atoms with Crippen molar-refractivity contribution in [1.29, 1.82) is 0 Å². The Kier molecular flexibility index (Phi) is 4.52. The van der Waals surface area contributed by atoms with Gasteiger partial charge in [0.1, 0.15) is 0 Å². The molecule has 0 radical (unpaired) electrons. The van der Waals surface area contributed by atoms with Crippen LogP contribution >= 0.6 is 11.6 Å². The average Bonchev–Trinajstić information content (AvgIpc) is 2.97. The normalized spacial score (nSPS) is 18.0. The number of aryl methyl sites for hydroxylation is 1. The van der Waals surface area contributed by atoms with E-state index in [1.54, 1.807) is 16.9 Å². The quantitative estimate of drug-likeness (QED) is 0.937. The predicted octanol–water partition coefficient (Wildman–Crippen LogP) is 2.61. The Hall–Kier alpha value is -2.08. The molecular formula is C16H18ClFN4O. The Morgan fingerprint density at radius 1 is 1.48 bits per heavy atom. The molecule has 1 aliphatic heterocycles. The first kappa shape index (κ1) is 15.8. The van der Waals surface area contributed by atoms with E-state index < -0.39 is 11.7 Å². The zero-order valence-corrected chi connectivity index (χ0v) is 13.6. The van der Waals surface area contributed by atoms with Crippen LogP contribution in [0.1, 0.15) is 23.2 Å². The molecule has 1 N–H and O–H groups in total. The lowest BCUT2D eigenvalue weighted by atomic mass is 10.0. The van der Waals surface area contributed by atoms with E-state index in [0.717, 1.165) is 25.1 Å². The Labute approximate surface area is 139 Å². The summed E-state index contributed by atoms with van der Waals surface area (Å²) >= 11 is 5.73. The smallest absolute Gasteiger partial charge is 0.254 e. The lowest BCUT2D eigenvalue weighted by molar-refractivity contribution is 0.0929. The zero-order valence-electron chi connectivity index (χ0n) is 12.8. The van der Waals surface area contributed by atoms with Crippen molar-refractivity contribution in [2.45, 2.75) is 18.9 Å². The van der Waals surface area contributed by atoms with Crippen molar-refractivity contribution in [3.8, 4) is 0 Å². The van der Waals surface area contributed by atoms with Gasteiger partial charge >= 0.3 is 0 Å². The SMILES string of the molecule is Cn1cc(N2CCCC(NC(=O)c3cccc(Cl)c3F)C2)cn1. The van der Waals surface area contributed by atoms with Crippen LogP contribution in [0.2, 0.25) is 5.02 Å².